The Hall–Kier alpha value is -0.780. The first-order valence-corrected chi connectivity index (χ1v) is 4.32. The highest BCUT2D eigenvalue weighted by Gasteiger charge is 1.74. The van der Waals surface area contributed by atoms with Crippen molar-refractivity contribution in [2.24, 2.45) is 0 Å². The summed E-state index contributed by atoms with van der Waals surface area (Å²) in [6, 6.07) is 0. The van der Waals surface area contributed by atoms with E-state index in [4.69, 9.17) is 0 Å². The molecule has 0 nitrogen and oxygen atoms in total. The smallest absolute Gasteiger partial charge is 0.0172 e. The summed E-state index contributed by atoms with van der Waals surface area (Å²) in [4.78, 5) is 0. The van der Waals surface area contributed by atoms with Crippen molar-refractivity contribution in [1.82, 2.24) is 0 Å². The minimum atomic E-state index is 0.998. The van der Waals surface area contributed by atoms with Crippen molar-refractivity contribution in [3.05, 3.63) is 37.0 Å². The lowest BCUT2D eigenvalue weighted by Gasteiger charge is -1.85. The largest absolute Gasteiger partial charge is 0.103 e. The van der Waals surface area contributed by atoms with Crippen LogP contribution in [-0.2, 0) is 0 Å². The summed E-state index contributed by atoms with van der Waals surface area (Å²) in [5.74, 6) is 0. The predicted molar refractivity (Wildman–Crippen MR) is 52.6 cm³/mol. The molecule has 0 aromatic rings. The molecule has 0 radical (unpaired) electrons. The standard InChI is InChI=1S/C11H18/c1-3-5-7-9-11-10-8-6-4-2/h3,6-9H,1,4-5,10-11H2,2H3. The van der Waals surface area contributed by atoms with E-state index in [0.29, 0.717) is 0 Å². The number of hydrogen-bond acceptors (Lipinski definition) is 0. The Morgan fingerprint density at radius 3 is 2.18 bits per heavy atom. The minimum Gasteiger partial charge on any atom is -0.103 e. The van der Waals surface area contributed by atoms with Crippen LogP contribution in [0.4, 0.5) is 0 Å². The lowest BCUT2D eigenvalue weighted by atomic mass is 10.2. The van der Waals surface area contributed by atoms with E-state index >= 15 is 0 Å². The molecular weight excluding hydrogens is 132 g/mol. The Morgan fingerprint density at radius 1 is 1.00 bits per heavy atom. The summed E-state index contributed by atoms with van der Waals surface area (Å²) < 4.78 is 0. The van der Waals surface area contributed by atoms with Gasteiger partial charge in [0.05, 0.1) is 0 Å². The highest BCUT2D eigenvalue weighted by molar-refractivity contribution is 4.90. The number of unbranched alkanes of at least 4 members (excludes halogenated alkanes) is 1. The van der Waals surface area contributed by atoms with E-state index in [0.717, 1.165) is 19.3 Å². The molecular formula is C11H18. The molecule has 0 amide bonds. The van der Waals surface area contributed by atoms with Gasteiger partial charge < -0.3 is 0 Å². The quantitative estimate of drug-likeness (QED) is 0.398. The van der Waals surface area contributed by atoms with Crippen molar-refractivity contribution in [2.75, 3.05) is 0 Å². The molecule has 0 unspecified atom stereocenters. The van der Waals surface area contributed by atoms with Crippen LogP contribution in [-0.4, -0.2) is 0 Å². The number of hydrogen-bond donors (Lipinski definition) is 0. The molecule has 0 aliphatic carbocycles. The van der Waals surface area contributed by atoms with Gasteiger partial charge in [-0.25, -0.2) is 0 Å². The SMILES string of the molecule is C=CCC=CCCC=CCC. The molecule has 0 aliphatic rings. The summed E-state index contributed by atoms with van der Waals surface area (Å²) in [6.45, 7) is 5.80. The molecule has 0 heteroatoms. The fourth-order valence-electron chi connectivity index (χ4n) is 0.787. The molecule has 62 valence electrons. The lowest BCUT2D eigenvalue weighted by Crippen LogP contribution is -1.64. The summed E-state index contributed by atoms with van der Waals surface area (Å²) in [5.41, 5.74) is 0. The maximum absolute atomic E-state index is 3.64. The third-order valence-electron chi connectivity index (χ3n) is 1.37. The third kappa shape index (κ3) is 9.22. The average molecular weight is 150 g/mol. The van der Waals surface area contributed by atoms with Crippen molar-refractivity contribution >= 4 is 0 Å². The highest BCUT2D eigenvalue weighted by atomic mass is 13.8. The zero-order valence-corrected chi connectivity index (χ0v) is 7.42. The molecule has 0 aromatic heterocycles. The molecule has 0 aromatic carbocycles. The van der Waals surface area contributed by atoms with Gasteiger partial charge in [-0.05, 0) is 25.7 Å². The van der Waals surface area contributed by atoms with Crippen LogP contribution in [0.5, 0.6) is 0 Å². The van der Waals surface area contributed by atoms with Gasteiger partial charge in [-0.15, -0.1) is 6.58 Å². The first-order chi connectivity index (χ1) is 5.41. The number of allylic oxidation sites excluding steroid dienone is 5. The van der Waals surface area contributed by atoms with Gasteiger partial charge in [0.25, 0.3) is 0 Å². The zero-order chi connectivity index (χ0) is 8.36. The Labute approximate surface area is 70.3 Å². The fraction of sp³-hybridized carbons (Fsp3) is 0.455. The van der Waals surface area contributed by atoms with Gasteiger partial charge in [-0.2, -0.15) is 0 Å². The van der Waals surface area contributed by atoms with Crippen molar-refractivity contribution < 1.29 is 0 Å². The van der Waals surface area contributed by atoms with Crippen LogP contribution in [0.2, 0.25) is 0 Å². The third-order valence-corrected chi connectivity index (χ3v) is 1.37. The summed E-state index contributed by atoms with van der Waals surface area (Å²) in [5, 5.41) is 0. The number of rotatable bonds is 6. The summed E-state index contributed by atoms with van der Waals surface area (Å²) >= 11 is 0. The molecule has 0 atom stereocenters. The van der Waals surface area contributed by atoms with Gasteiger partial charge in [0.1, 0.15) is 0 Å². The molecule has 0 bridgehead atoms. The predicted octanol–water partition coefficient (Wildman–Crippen LogP) is 3.87. The molecule has 0 rings (SSSR count). The molecule has 0 spiro atoms. The normalized spacial score (nSPS) is 11.4. The van der Waals surface area contributed by atoms with E-state index in [-0.39, 0.29) is 0 Å². The molecule has 0 N–H and O–H groups in total. The minimum absolute atomic E-state index is 0.998. The van der Waals surface area contributed by atoms with Gasteiger partial charge >= 0.3 is 0 Å². The highest BCUT2D eigenvalue weighted by Crippen LogP contribution is 1.95. The Bertz CT molecular complexity index is 129. The van der Waals surface area contributed by atoms with E-state index in [2.05, 4.69) is 37.8 Å². The van der Waals surface area contributed by atoms with Crippen LogP contribution in [0.1, 0.15) is 32.6 Å². The van der Waals surface area contributed by atoms with Gasteiger partial charge in [0.15, 0.2) is 0 Å². The maximum atomic E-state index is 3.64. The fourth-order valence-corrected chi connectivity index (χ4v) is 0.787. The molecule has 0 aliphatic heterocycles. The Balaban J connectivity index is 3.12. The monoisotopic (exact) mass is 150 g/mol. The summed E-state index contributed by atoms with van der Waals surface area (Å²) in [7, 11) is 0. The Morgan fingerprint density at radius 2 is 1.64 bits per heavy atom. The van der Waals surface area contributed by atoms with Crippen molar-refractivity contribution in [3.63, 3.8) is 0 Å². The second kappa shape index (κ2) is 9.22. The van der Waals surface area contributed by atoms with E-state index in [9.17, 15) is 0 Å². The van der Waals surface area contributed by atoms with Crippen LogP contribution in [0.25, 0.3) is 0 Å². The first kappa shape index (κ1) is 10.2. The van der Waals surface area contributed by atoms with E-state index < -0.39 is 0 Å². The van der Waals surface area contributed by atoms with Crippen LogP contribution < -0.4 is 0 Å². The van der Waals surface area contributed by atoms with Crippen LogP contribution in [0, 0.1) is 0 Å². The zero-order valence-electron chi connectivity index (χ0n) is 7.42. The van der Waals surface area contributed by atoms with Gasteiger partial charge in [0.2, 0.25) is 0 Å². The van der Waals surface area contributed by atoms with Crippen LogP contribution >= 0.6 is 0 Å². The average Bonchev–Trinajstić information content (AvgIpc) is 2.03. The second-order valence-corrected chi connectivity index (χ2v) is 2.45. The summed E-state index contributed by atoms with van der Waals surface area (Å²) in [6.07, 6.45) is 15.2. The maximum Gasteiger partial charge on any atom is -0.0172 e. The van der Waals surface area contributed by atoms with Crippen molar-refractivity contribution in [3.8, 4) is 0 Å². The van der Waals surface area contributed by atoms with E-state index in [1.165, 1.54) is 6.42 Å². The van der Waals surface area contributed by atoms with E-state index in [1.807, 2.05) is 6.08 Å². The van der Waals surface area contributed by atoms with Crippen molar-refractivity contribution in [2.45, 2.75) is 32.6 Å². The molecule has 0 heterocycles. The molecule has 0 saturated carbocycles. The van der Waals surface area contributed by atoms with Crippen molar-refractivity contribution in [1.29, 1.82) is 0 Å². The molecule has 11 heavy (non-hydrogen) atoms. The topological polar surface area (TPSA) is 0 Å². The van der Waals surface area contributed by atoms with E-state index in [1.54, 1.807) is 0 Å². The van der Waals surface area contributed by atoms with Gasteiger partial charge in [-0.3, -0.25) is 0 Å². The first-order valence-electron chi connectivity index (χ1n) is 4.32. The van der Waals surface area contributed by atoms with Gasteiger partial charge in [-0.1, -0.05) is 37.3 Å². The molecule has 0 saturated heterocycles. The van der Waals surface area contributed by atoms with Crippen LogP contribution in [0.15, 0.2) is 37.0 Å². The Kier molecular flexibility index (Phi) is 8.57. The lowest BCUT2D eigenvalue weighted by molar-refractivity contribution is 1.03. The molecule has 0 fully saturated rings. The van der Waals surface area contributed by atoms with Crippen LogP contribution in [0.3, 0.4) is 0 Å². The van der Waals surface area contributed by atoms with Gasteiger partial charge in [0, 0.05) is 0 Å². The second-order valence-electron chi connectivity index (χ2n) is 2.45.